The first kappa shape index (κ1) is 30.8. The fourth-order valence-corrected chi connectivity index (χ4v) is 5.70. The summed E-state index contributed by atoms with van der Waals surface area (Å²) < 4.78 is 10.5. The molecule has 0 aliphatic carbocycles. The molecule has 5 rings (SSSR count). The van der Waals surface area contributed by atoms with Gasteiger partial charge in [-0.25, -0.2) is 4.79 Å². The Kier molecular flexibility index (Phi) is 9.32. The van der Waals surface area contributed by atoms with E-state index >= 15 is 0 Å². The van der Waals surface area contributed by atoms with E-state index in [0.717, 1.165) is 11.1 Å². The lowest BCUT2D eigenvalue weighted by Gasteiger charge is -2.28. The van der Waals surface area contributed by atoms with Crippen molar-refractivity contribution in [2.24, 2.45) is 5.92 Å². The molecule has 44 heavy (non-hydrogen) atoms. The van der Waals surface area contributed by atoms with Gasteiger partial charge in [0.1, 0.15) is 12.4 Å². The van der Waals surface area contributed by atoms with E-state index < -0.39 is 23.5 Å². The Labute approximate surface area is 256 Å². The van der Waals surface area contributed by atoms with E-state index in [-0.39, 0.29) is 32.0 Å². The lowest BCUT2D eigenvalue weighted by Crippen LogP contribution is -2.44. The van der Waals surface area contributed by atoms with Crippen molar-refractivity contribution in [1.29, 1.82) is 0 Å². The van der Waals surface area contributed by atoms with E-state index in [2.05, 4.69) is 0 Å². The number of amides is 3. The number of ether oxygens (including phenoxy) is 2. The quantitative estimate of drug-likeness (QED) is 0.302. The first-order valence-electron chi connectivity index (χ1n) is 14.6. The van der Waals surface area contributed by atoms with Gasteiger partial charge >= 0.3 is 6.09 Å². The Balaban J connectivity index is 1.36. The largest absolute Gasteiger partial charge is 0.497 e. The fourth-order valence-electron chi connectivity index (χ4n) is 5.70. The smallest absolute Gasteiger partial charge is 0.414 e. The second-order valence-electron chi connectivity index (χ2n) is 10.9. The molecular weight excluding hydrogens is 562 g/mol. The van der Waals surface area contributed by atoms with Crippen LogP contribution in [0.4, 0.5) is 16.2 Å². The Morgan fingerprint density at radius 1 is 1.09 bits per heavy atom. The summed E-state index contributed by atoms with van der Waals surface area (Å²) in [6.45, 7) is 3.08. The van der Waals surface area contributed by atoms with Gasteiger partial charge in [-0.2, -0.15) is 0 Å². The molecule has 0 bridgehead atoms. The molecule has 2 aliphatic heterocycles. The van der Waals surface area contributed by atoms with Crippen LogP contribution in [-0.2, 0) is 33.0 Å². The van der Waals surface area contributed by atoms with Crippen molar-refractivity contribution in [1.82, 2.24) is 4.90 Å². The molecule has 10 heteroatoms. The maximum atomic E-state index is 14.0. The van der Waals surface area contributed by atoms with E-state index in [1.807, 2.05) is 54.6 Å². The van der Waals surface area contributed by atoms with Crippen molar-refractivity contribution < 1.29 is 34.1 Å². The molecule has 1 saturated heterocycles. The van der Waals surface area contributed by atoms with Crippen LogP contribution in [0.25, 0.3) is 0 Å². The molecule has 230 valence electrons. The summed E-state index contributed by atoms with van der Waals surface area (Å²) in [7, 11) is 1.52. The topological polar surface area (TPSA) is 120 Å². The average Bonchev–Trinajstić information content (AvgIpc) is 3.56. The molecule has 2 heterocycles. The fraction of sp³-hybridized carbons (Fsp3) is 0.324. The van der Waals surface area contributed by atoms with Crippen LogP contribution in [0.15, 0.2) is 84.9 Å². The van der Waals surface area contributed by atoms with Gasteiger partial charge in [-0.3, -0.25) is 14.5 Å². The highest BCUT2D eigenvalue weighted by atomic mass is 16.6. The van der Waals surface area contributed by atoms with Crippen LogP contribution in [0.1, 0.15) is 30.0 Å². The molecule has 0 aromatic heterocycles. The zero-order chi connectivity index (χ0) is 31.3. The minimum atomic E-state index is -1.91. The summed E-state index contributed by atoms with van der Waals surface area (Å²) in [5.41, 5.74) is 1.46. The minimum Gasteiger partial charge on any atom is -0.497 e. The molecular formula is C34H37N3O7. The number of hydrogen-bond acceptors (Lipinski definition) is 7. The molecule has 2 N–H and O–H groups in total. The van der Waals surface area contributed by atoms with Crippen LogP contribution in [0.5, 0.6) is 5.75 Å². The van der Waals surface area contributed by atoms with Crippen molar-refractivity contribution >= 4 is 29.3 Å². The predicted octanol–water partition coefficient (Wildman–Crippen LogP) is 3.99. The number of carbonyl (C=O) groups is 3. The van der Waals surface area contributed by atoms with Crippen molar-refractivity contribution in [3.63, 3.8) is 0 Å². The van der Waals surface area contributed by atoms with E-state index in [1.165, 1.54) is 12.0 Å². The molecule has 3 aromatic rings. The Morgan fingerprint density at radius 2 is 1.86 bits per heavy atom. The number of aliphatic hydroxyl groups is 2. The zero-order valence-corrected chi connectivity index (χ0v) is 24.9. The normalized spacial score (nSPS) is 18.5. The molecule has 1 fully saturated rings. The van der Waals surface area contributed by atoms with E-state index in [0.29, 0.717) is 42.4 Å². The van der Waals surface area contributed by atoms with Gasteiger partial charge in [0.25, 0.3) is 5.91 Å². The maximum Gasteiger partial charge on any atom is 0.414 e. The number of anilines is 2. The number of fused-ring (bicyclic) bond motifs is 1. The molecule has 3 amide bonds. The van der Waals surface area contributed by atoms with Crippen LogP contribution >= 0.6 is 0 Å². The summed E-state index contributed by atoms with van der Waals surface area (Å²) in [6.07, 6.45) is 2.98. The number of hydrogen-bond donors (Lipinski definition) is 2. The van der Waals surface area contributed by atoms with Crippen LogP contribution in [0.2, 0.25) is 0 Å². The number of nitrogens with zero attached hydrogens (tertiary/aromatic N) is 3. The molecule has 0 spiro atoms. The van der Waals surface area contributed by atoms with Crippen LogP contribution in [-0.4, -0.2) is 66.4 Å². The van der Waals surface area contributed by atoms with Gasteiger partial charge in [0.05, 0.1) is 32.5 Å². The second-order valence-corrected chi connectivity index (χ2v) is 10.9. The van der Waals surface area contributed by atoms with Gasteiger partial charge in [0.15, 0.2) is 5.60 Å². The second kappa shape index (κ2) is 13.3. The minimum absolute atomic E-state index is 0.0435. The van der Waals surface area contributed by atoms with E-state index in [1.54, 1.807) is 47.1 Å². The third kappa shape index (κ3) is 6.17. The lowest BCUT2D eigenvalue weighted by molar-refractivity contribution is -0.139. The molecule has 10 nitrogen and oxygen atoms in total. The molecule has 0 unspecified atom stereocenters. The summed E-state index contributed by atoms with van der Waals surface area (Å²) in [6, 6.07) is 22.0. The van der Waals surface area contributed by atoms with Gasteiger partial charge in [0, 0.05) is 36.7 Å². The number of benzene rings is 3. The Morgan fingerprint density at radius 3 is 2.57 bits per heavy atom. The number of cyclic esters (lactones) is 1. The maximum absolute atomic E-state index is 14.0. The average molecular weight is 600 g/mol. The Hall–Kier alpha value is -4.67. The Bertz CT molecular complexity index is 1540. The van der Waals surface area contributed by atoms with Crippen molar-refractivity contribution in [2.75, 3.05) is 43.2 Å². The van der Waals surface area contributed by atoms with E-state index in [4.69, 9.17) is 9.47 Å². The molecule has 0 saturated carbocycles. The van der Waals surface area contributed by atoms with Gasteiger partial charge in [-0.1, -0.05) is 61.5 Å². The molecule has 2 atom stereocenters. The molecule has 3 aromatic carbocycles. The predicted molar refractivity (Wildman–Crippen MR) is 165 cm³/mol. The zero-order valence-electron chi connectivity index (χ0n) is 24.9. The highest BCUT2D eigenvalue weighted by Gasteiger charge is 2.52. The third-order valence-electron chi connectivity index (χ3n) is 8.12. The third-order valence-corrected chi connectivity index (χ3v) is 8.12. The first-order chi connectivity index (χ1) is 21.3. The molecule has 0 radical (unpaired) electrons. The van der Waals surface area contributed by atoms with Gasteiger partial charge in [-0.15, -0.1) is 0 Å². The van der Waals surface area contributed by atoms with Gasteiger partial charge in [0.2, 0.25) is 5.91 Å². The monoisotopic (exact) mass is 599 g/mol. The highest BCUT2D eigenvalue weighted by Crippen LogP contribution is 2.47. The lowest BCUT2D eigenvalue weighted by atomic mass is 9.83. The number of rotatable bonds is 12. The number of methoxy groups -OCH3 is 1. The highest BCUT2D eigenvalue weighted by molar-refractivity contribution is 6.07. The van der Waals surface area contributed by atoms with Crippen LogP contribution in [0.3, 0.4) is 0 Å². The SMILES string of the molecule is COc1ccc2c(c1)[C@](O)([C@@H](C)/C=C/CC(=O)N(CCO)Cc1ccccc1)C(=O)N2Cc1cccc(N2CCOC2=O)c1. The number of aliphatic hydroxyl groups excluding tert-OH is 1. The first-order valence-corrected chi connectivity index (χ1v) is 14.6. The summed E-state index contributed by atoms with van der Waals surface area (Å²) >= 11 is 0. The number of carbonyl (C=O) groups excluding carboxylic acids is 3. The van der Waals surface area contributed by atoms with E-state index in [9.17, 15) is 24.6 Å². The standard InChI is InChI=1S/C34H37N3O7/c1-24(8-6-13-31(39)35(16-18-38)22-25-9-4-3-5-10-25)34(42)29-21-28(43-2)14-15-30(29)37(32(34)40)23-26-11-7-12-27(20-26)36-17-19-44-33(36)41/h3-12,14-15,20-21,24,38,42H,13,16-19,22-23H2,1-2H3/b8-6+/t24-,34+/m0/s1. The van der Waals surface area contributed by atoms with Crippen molar-refractivity contribution in [3.05, 3.63) is 102 Å². The van der Waals surface area contributed by atoms with Gasteiger partial charge < -0.3 is 29.5 Å². The summed E-state index contributed by atoms with van der Waals surface area (Å²) in [5, 5.41) is 21.6. The van der Waals surface area contributed by atoms with Gasteiger partial charge in [-0.05, 0) is 41.5 Å². The summed E-state index contributed by atoms with van der Waals surface area (Å²) in [5.74, 6) is -0.870. The van der Waals surface area contributed by atoms with Crippen molar-refractivity contribution in [3.8, 4) is 5.75 Å². The van der Waals surface area contributed by atoms with Crippen LogP contribution < -0.4 is 14.5 Å². The van der Waals surface area contributed by atoms with Crippen LogP contribution in [0, 0.1) is 5.92 Å². The van der Waals surface area contributed by atoms with Crippen molar-refractivity contribution in [2.45, 2.75) is 32.0 Å². The summed E-state index contributed by atoms with van der Waals surface area (Å²) in [4.78, 5) is 43.8. The molecule has 2 aliphatic rings.